The van der Waals surface area contributed by atoms with Crippen molar-refractivity contribution in [2.24, 2.45) is 0 Å². The first-order valence-electron chi connectivity index (χ1n) is 3.95. The van der Waals surface area contributed by atoms with E-state index in [4.69, 9.17) is 0 Å². The highest BCUT2D eigenvalue weighted by Gasteiger charge is 1.99. The smallest absolute Gasteiger partial charge is 0.0306 e. The number of hydrogen-bond acceptors (Lipinski definition) is 2. The van der Waals surface area contributed by atoms with Crippen molar-refractivity contribution in [1.82, 2.24) is 4.72 Å². The Balaban J connectivity index is 2.39. The Kier molecular flexibility index (Phi) is 3.73. The molecule has 0 amide bonds. The van der Waals surface area contributed by atoms with Crippen LogP contribution < -0.4 is 4.72 Å². The third-order valence-electron chi connectivity index (χ3n) is 1.80. The standard InChI is InChI=1S/C9H15NS/c1-8-4-3-5-9(6-8)7-10-11-2/h5-6,10H,3-4,7H2,1-2H3. The van der Waals surface area contributed by atoms with Crippen molar-refractivity contribution < 1.29 is 0 Å². The molecular formula is C9H15NS. The average molecular weight is 169 g/mol. The summed E-state index contributed by atoms with van der Waals surface area (Å²) in [5, 5.41) is 0. The van der Waals surface area contributed by atoms with Crippen LogP contribution in [0.1, 0.15) is 19.8 Å². The molecule has 1 N–H and O–H groups in total. The van der Waals surface area contributed by atoms with Gasteiger partial charge in [-0.3, -0.25) is 4.72 Å². The topological polar surface area (TPSA) is 12.0 Å². The fraction of sp³-hybridized carbons (Fsp3) is 0.556. The van der Waals surface area contributed by atoms with E-state index in [9.17, 15) is 0 Å². The molecule has 0 bridgehead atoms. The Bertz CT molecular complexity index is 182. The lowest BCUT2D eigenvalue weighted by atomic mass is 10.0. The van der Waals surface area contributed by atoms with Gasteiger partial charge in [-0.2, -0.15) is 0 Å². The maximum Gasteiger partial charge on any atom is 0.0306 e. The van der Waals surface area contributed by atoms with Crippen molar-refractivity contribution in [1.29, 1.82) is 0 Å². The lowest BCUT2D eigenvalue weighted by Crippen LogP contribution is -2.08. The number of nitrogens with one attached hydrogen (secondary N) is 1. The van der Waals surface area contributed by atoms with E-state index < -0.39 is 0 Å². The van der Waals surface area contributed by atoms with Gasteiger partial charge in [-0.25, -0.2) is 0 Å². The van der Waals surface area contributed by atoms with Crippen LogP contribution in [0.3, 0.4) is 0 Å². The molecule has 2 heteroatoms. The molecule has 1 rings (SSSR count). The highest BCUT2D eigenvalue weighted by atomic mass is 32.2. The van der Waals surface area contributed by atoms with Crippen LogP contribution in [0.15, 0.2) is 23.3 Å². The first-order valence-corrected chi connectivity index (χ1v) is 5.17. The molecule has 0 fully saturated rings. The Morgan fingerprint density at radius 1 is 1.64 bits per heavy atom. The molecule has 11 heavy (non-hydrogen) atoms. The molecule has 0 radical (unpaired) electrons. The van der Waals surface area contributed by atoms with E-state index in [1.165, 1.54) is 24.0 Å². The van der Waals surface area contributed by atoms with E-state index in [-0.39, 0.29) is 0 Å². The zero-order valence-corrected chi connectivity index (χ0v) is 8.00. The summed E-state index contributed by atoms with van der Waals surface area (Å²) in [7, 11) is 0. The van der Waals surface area contributed by atoms with Crippen LogP contribution in [0.4, 0.5) is 0 Å². The second-order valence-electron chi connectivity index (χ2n) is 2.83. The molecule has 0 saturated carbocycles. The van der Waals surface area contributed by atoms with Crippen molar-refractivity contribution in [2.45, 2.75) is 19.8 Å². The van der Waals surface area contributed by atoms with E-state index in [0.717, 1.165) is 6.54 Å². The van der Waals surface area contributed by atoms with E-state index in [1.807, 2.05) is 0 Å². The van der Waals surface area contributed by atoms with Gasteiger partial charge in [0.05, 0.1) is 0 Å². The summed E-state index contributed by atoms with van der Waals surface area (Å²) in [6.45, 7) is 3.20. The molecule has 0 atom stereocenters. The Morgan fingerprint density at radius 3 is 3.09 bits per heavy atom. The fourth-order valence-corrected chi connectivity index (χ4v) is 1.52. The zero-order chi connectivity index (χ0) is 8.10. The van der Waals surface area contributed by atoms with Crippen LogP contribution in [0.2, 0.25) is 0 Å². The lowest BCUT2D eigenvalue weighted by Gasteiger charge is -2.10. The normalized spacial score (nSPS) is 17.6. The summed E-state index contributed by atoms with van der Waals surface area (Å²) in [4.78, 5) is 0. The highest BCUT2D eigenvalue weighted by molar-refractivity contribution is 7.96. The van der Waals surface area contributed by atoms with Gasteiger partial charge in [0.1, 0.15) is 0 Å². The van der Waals surface area contributed by atoms with Gasteiger partial charge in [0.15, 0.2) is 0 Å². The largest absolute Gasteiger partial charge is 0.260 e. The number of rotatable bonds is 3. The van der Waals surface area contributed by atoms with Gasteiger partial charge in [0.2, 0.25) is 0 Å². The molecule has 0 heterocycles. The summed E-state index contributed by atoms with van der Waals surface area (Å²) < 4.78 is 3.24. The molecular weight excluding hydrogens is 154 g/mol. The van der Waals surface area contributed by atoms with Crippen LogP contribution in [0.5, 0.6) is 0 Å². The second kappa shape index (κ2) is 4.62. The minimum Gasteiger partial charge on any atom is -0.260 e. The van der Waals surface area contributed by atoms with Gasteiger partial charge in [0, 0.05) is 6.54 Å². The Hall–Kier alpha value is -0.210. The van der Waals surface area contributed by atoms with Crippen molar-refractivity contribution in [3.05, 3.63) is 23.3 Å². The summed E-state index contributed by atoms with van der Waals surface area (Å²) in [6.07, 6.45) is 9.11. The van der Waals surface area contributed by atoms with Gasteiger partial charge >= 0.3 is 0 Å². The van der Waals surface area contributed by atoms with E-state index in [1.54, 1.807) is 11.9 Å². The molecule has 0 spiro atoms. The summed E-state index contributed by atoms with van der Waals surface area (Å²) in [5.74, 6) is 0. The van der Waals surface area contributed by atoms with Crippen molar-refractivity contribution >= 4 is 11.9 Å². The summed E-state index contributed by atoms with van der Waals surface area (Å²) in [6, 6.07) is 0. The molecule has 1 nitrogen and oxygen atoms in total. The van der Waals surface area contributed by atoms with Gasteiger partial charge in [0.25, 0.3) is 0 Å². The first-order chi connectivity index (χ1) is 5.33. The van der Waals surface area contributed by atoms with Gasteiger partial charge in [-0.05, 0) is 31.6 Å². The van der Waals surface area contributed by atoms with Gasteiger partial charge in [-0.1, -0.05) is 29.7 Å². The predicted octanol–water partition coefficient (Wildman–Crippen LogP) is 2.52. The fourth-order valence-electron chi connectivity index (χ4n) is 1.21. The monoisotopic (exact) mass is 169 g/mol. The van der Waals surface area contributed by atoms with Crippen LogP contribution in [0, 0.1) is 0 Å². The molecule has 0 aliphatic heterocycles. The Labute approximate surface area is 73.1 Å². The molecule has 1 aliphatic carbocycles. The number of allylic oxidation sites excluding steroid dienone is 2. The predicted molar refractivity (Wildman–Crippen MR) is 52.6 cm³/mol. The molecule has 62 valence electrons. The van der Waals surface area contributed by atoms with E-state index >= 15 is 0 Å². The van der Waals surface area contributed by atoms with Crippen LogP contribution >= 0.6 is 11.9 Å². The zero-order valence-electron chi connectivity index (χ0n) is 7.18. The molecule has 0 saturated heterocycles. The van der Waals surface area contributed by atoms with Gasteiger partial charge < -0.3 is 0 Å². The first kappa shape index (κ1) is 8.88. The molecule has 0 aromatic rings. The van der Waals surface area contributed by atoms with E-state index in [2.05, 4.69) is 30.1 Å². The van der Waals surface area contributed by atoms with Crippen molar-refractivity contribution in [3.8, 4) is 0 Å². The van der Waals surface area contributed by atoms with Crippen molar-refractivity contribution in [2.75, 3.05) is 12.8 Å². The summed E-state index contributed by atoms with van der Waals surface area (Å²) >= 11 is 1.68. The third kappa shape index (κ3) is 3.12. The molecule has 0 aromatic heterocycles. The van der Waals surface area contributed by atoms with Crippen LogP contribution in [-0.2, 0) is 0 Å². The maximum atomic E-state index is 3.24. The third-order valence-corrected chi connectivity index (χ3v) is 2.23. The summed E-state index contributed by atoms with van der Waals surface area (Å²) in [5.41, 5.74) is 2.94. The second-order valence-corrected chi connectivity index (χ2v) is 3.53. The highest BCUT2D eigenvalue weighted by Crippen LogP contribution is 2.15. The molecule has 1 aliphatic rings. The van der Waals surface area contributed by atoms with Crippen LogP contribution in [0.25, 0.3) is 0 Å². The minimum atomic E-state index is 0.999. The molecule has 0 unspecified atom stereocenters. The maximum absolute atomic E-state index is 3.24. The SMILES string of the molecule is CSNCC1=CCCC(C)=C1. The quantitative estimate of drug-likeness (QED) is 0.651. The minimum absolute atomic E-state index is 0.999. The number of hydrogen-bond donors (Lipinski definition) is 1. The lowest BCUT2D eigenvalue weighted by molar-refractivity contribution is 0.922. The van der Waals surface area contributed by atoms with Gasteiger partial charge in [-0.15, -0.1) is 0 Å². The van der Waals surface area contributed by atoms with Crippen molar-refractivity contribution in [3.63, 3.8) is 0 Å². The average Bonchev–Trinajstić information content (AvgIpc) is 2.01. The molecule has 0 aromatic carbocycles. The Morgan fingerprint density at radius 2 is 2.45 bits per heavy atom. The van der Waals surface area contributed by atoms with Crippen LogP contribution in [-0.4, -0.2) is 12.8 Å². The van der Waals surface area contributed by atoms with E-state index in [0.29, 0.717) is 0 Å².